The van der Waals surface area contributed by atoms with Crippen LogP contribution in [-0.4, -0.2) is 18.5 Å². The van der Waals surface area contributed by atoms with Gasteiger partial charge in [-0.1, -0.05) is 37.0 Å². The van der Waals surface area contributed by atoms with Crippen molar-refractivity contribution in [2.24, 2.45) is 16.6 Å². The summed E-state index contributed by atoms with van der Waals surface area (Å²) in [7, 11) is 0. The number of nitrogens with two attached hydrogens (primary N) is 1. The zero-order valence-corrected chi connectivity index (χ0v) is 11.7. The number of anilines is 1. The van der Waals surface area contributed by atoms with Crippen LogP contribution in [0.1, 0.15) is 37.7 Å². The summed E-state index contributed by atoms with van der Waals surface area (Å²) in [4.78, 5) is 6.75. The molecule has 1 saturated carbocycles. The van der Waals surface area contributed by atoms with E-state index in [1.165, 1.54) is 43.4 Å². The van der Waals surface area contributed by atoms with Crippen LogP contribution >= 0.6 is 0 Å². The SMILES string of the molecule is Cc1ccc(N2C(N)=NCC2C2CCCCC2)cc1. The Kier molecular flexibility index (Phi) is 3.45. The molecule has 0 amide bonds. The molecule has 3 heteroatoms. The van der Waals surface area contributed by atoms with Gasteiger partial charge in [-0.2, -0.15) is 0 Å². The molecule has 1 aromatic carbocycles. The van der Waals surface area contributed by atoms with E-state index < -0.39 is 0 Å². The third kappa shape index (κ3) is 2.46. The lowest BCUT2D eigenvalue weighted by Crippen LogP contribution is -2.45. The van der Waals surface area contributed by atoms with Crippen LogP contribution in [0.2, 0.25) is 0 Å². The second-order valence-electron chi connectivity index (χ2n) is 5.87. The number of guanidine groups is 1. The van der Waals surface area contributed by atoms with Crippen LogP contribution in [0, 0.1) is 12.8 Å². The van der Waals surface area contributed by atoms with E-state index in [9.17, 15) is 0 Å². The van der Waals surface area contributed by atoms with Gasteiger partial charge >= 0.3 is 0 Å². The van der Waals surface area contributed by atoms with Crippen molar-refractivity contribution in [1.29, 1.82) is 0 Å². The van der Waals surface area contributed by atoms with E-state index in [-0.39, 0.29) is 0 Å². The first-order valence-corrected chi connectivity index (χ1v) is 7.41. The van der Waals surface area contributed by atoms with Gasteiger partial charge < -0.3 is 10.6 Å². The molecule has 19 heavy (non-hydrogen) atoms. The minimum absolute atomic E-state index is 0.475. The Morgan fingerprint density at radius 1 is 1.11 bits per heavy atom. The molecule has 0 saturated heterocycles. The van der Waals surface area contributed by atoms with Gasteiger partial charge in [-0.05, 0) is 37.8 Å². The molecule has 2 N–H and O–H groups in total. The fourth-order valence-corrected chi connectivity index (χ4v) is 3.42. The van der Waals surface area contributed by atoms with E-state index in [0.717, 1.165) is 12.5 Å². The smallest absolute Gasteiger partial charge is 0.196 e. The van der Waals surface area contributed by atoms with Crippen molar-refractivity contribution in [2.45, 2.75) is 45.1 Å². The molecule has 0 radical (unpaired) electrons. The minimum Gasteiger partial charge on any atom is -0.370 e. The summed E-state index contributed by atoms with van der Waals surface area (Å²) in [5.41, 5.74) is 8.60. The summed E-state index contributed by atoms with van der Waals surface area (Å²) in [5, 5.41) is 0. The second-order valence-corrected chi connectivity index (χ2v) is 5.87. The van der Waals surface area contributed by atoms with Crippen LogP contribution in [0.15, 0.2) is 29.3 Å². The quantitative estimate of drug-likeness (QED) is 0.884. The molecular formula is C16H23N3. The number of hydrogen-bond acceptors (Lipinski definition) is 3. The Hall–Kier alpha value is -1.51. The molecule has 3 rings (SSSR count). The van der Waals surface area contributed by atoms with Gasteiger partial charge in [-0.3, -0.25) is 4.99 Å². The van der Waals surface area contributed by atoms with Crippen molar-refractivity contribution in [3.05, 3.63) is 29.8 Å². The fraction of sp³-hybridized carbons (Fsp3) is 0.562. The molecule has 0 bridgehead atoms. The normalized spacial score (nSPS) is 24.6. The van der Waals surface area contributed by atoms with E-state index in [1.54, 1.807) is 0 Å². The second kappa shape index (κ2) is 5.24. The molecule has 1 atom stereocenters. The van der Waals surface area contributed by atoms with Gasteiger partial charge in [0.2, 0.25) is 0 Å². The first-order valence-electron chi connectivity index (χ1n) is 7.41. The zero-order valence-electron chi connectivity index (χ0n) is 11.7. The number of hydrogen-bond donors (Lipinski definition) is 1. The molecule has 0 spiro atoms. The van der Waals surface area contributed by atoms with E-state index in [1.807, 2.05) is 0 Å². The Morgan fingerprint density at radius 2 is 1.79 bits per heavy atom. The monoisotopic (exact) mass is 257 g/mol. The van der Waals surface area contributed by atoms with Gasteiger partial charge in [0, 0.05) is 5.69 Å². The average molecular weight is 257 g/mol. The molecule has 1 heterocycles. The maximum Gasteiger partial charge on any atom is 0.196 e. The minimum atomic E-state index is 0.475. The van der Waals surface area contributed by atoms with Crippen LogP contribution < -0.4 is 10.6 Å². The van der Waals surface area contributed by atoms with Crippen molar-refractivity contribution in [3.63, 3.8) is 0 Å². The van der Waals surface area contributed by atoms with E-state index in [4.69, 9.17) is 5.73 Å². The van der Waals surface area contributed by atoms with Gasteiger partial charge in [0.25, 0.3) is 0 Å². The van der Waals surface area contributed by atoms with Crippen LogP contribution in [0.3, 0.4) is 0 Å². The Balaban J connectivity index is 1.83. The summed E-state index contributed by atoms with van der Waals surface area (Å²) in [5.74, 6) is 1.44. The molecule has 2 aliphatic rings. The van der Waals surface area contributed by atoms with E-state index in [0.29, 0.717) is 12.0 Å². The Bertz CT molecular complexity index is 457. The highest BCUT2D eigenvalue weighted by Gasteiger charge is 2.34. The van der Waals surface area contributed by atoms with Crippen molar-refractivity contribution < 1.29 is 0 Å². The highest BCUT2D eigenvalue weighted by molar-refractivity contribution is 5.97. The molecule has 1 unspecified atom stereocenters. The van der Waals surface area contributed by atoms with Gasteiger partial charge in [-0.25, -0.2) is 0 Å². The Labute approximate surface area is 115 Å². The van der Waals surface area contributed by atoms with Crippen molar-refractivity contribution in [2.75, 3.05) is 11.4 Å². The summed E-state index contributed by atoms with van der Waals surface area (Å²) in [6, 6.07) is 9.11. The lowest BCUT2D eigenvalue weighted by Gasteiger charge is -2.34. The number of benzene rings is 1. The molecule has 1 aromatic rings. The largest absolute Gasteiger partial charge is 0.370 e. The number of aliphatic imine (C=N–C) groups is 1. The number of rotatable bonds is 2. The van der Waals surface area contributed by atoms with Crippen LogP contribution in [0.25, 0.3) is 0 Å². The van der Waals surface area contributed by atoms with E-state index >= 15 is 0 Å². The topological polar surface area (TPSA) is 41.6 Å². The molecule has 1 aliphatic heterocycles. The van der Waals surface area contributed by atoms with Crippen molar-refractivity contribution >= 4 is 11.6 Å². The van der Waals surface area contributed by atoms with Crippen LogP contribution in [0.5, 0.6) is 0 Å². The third-order valence-electron chi connectivity index (χ3n) is 4.52. The molecule has 3 nitrogen and oxygen atoms in total. The van der Waals surface area contributed by atoms with Crippen LogP contribution in [0.4, 0.5) is 5.69 Å². The lowest BCUT2D eigenvalue weighted by atomic mass is 9.83. The number of nitrogens with zero attached hydrogens (tertiary/aromatic N) is 2. The predicted octanol–water partition coefficient (Wildman–Crippen LogP) is 3.08. The standard InChI is InChI=1S/C16H23N3/c1-12-7-9-14(10-8-12)19-15(11-18-16(19)17)13-5-3-2-4-6-13/h7-10,13,15H,2-6,11H2,1H3,(H2,17,18). The molecule has 0 aromatic heterocycles. The average Bonchev–Trinajstić information content (AvgIpc) is 2.83. The molecule has 1 fully saturated rings. The highest BCUT2D eigenvalue weighted by Crippen LogP contribution is 2.33. The number of aryl methyl sites for hydroxylation is 1. The predicted molar refractivity (Wildman–Crippen MR) is 80.5 cm³/mol. The summed E-state index contributed by atoms with van der Waals surface area (Å²) < 4.78 is 0. The highest BCUT2D eigenvalue weighted by atomic mass is 15.3. The molecular weight excluding hydrogens is 234 g/mol. The first kappa shape index (κ1) is 12.5. The Morgan fingerprint density at radius 3 is 2.47 bits per heavy atom. The van der Waals surface area contributed by atoms with Gasteiger partial charge in [0.05, 0.1) is 12.6 Å². The third-order valence-corrected chi connectivity index (χ3v) is 4.52. The fourth-order valence-electron chi connectivity index (χ4n) is 3.42. The summed E-state index contributed by atoms with van der Waals surface area (Å²) in [6.07, 6.45) is 6.78. The van der Waals surface area contributed by atoms with E-state index in [2.05, 4.69) is 41.1 Å². The zero-order chi connectivity index (χ0) is 13.2. The van der Waals surface area contributed by atoms with Gasteiger partial charge in [0.15, 0.2) is 5.96 Å². The summed E-state index contributed by atoms with van der Waals surface area (Å²) >= 11 is 0. The lowest BCUT2D eigenvalue weighted by molar-refractivity contribution is 0.314. The maximum atomic E-state index is 6.12. The van der Waals surface area contributed by atoms with Crippen molar-refractivity contribution in [1.82, 2.24) is 0 Å². The van der Waals surface area contributed by atoms with Crippen LogP contribution in [-0.2, 0) is 0 Å². The van der Waals surface area contributed by atoms with Crippen molar-refractivity contribution in [3.8, 4) is 0 Å². The van der Waals surface area contributed by atoms with Gasteiger partial charge in [0.1, 0.15) is 0 Å². The molecule has 1 aliphatic carbocycles. The van der Waals surface area contributed by atoms with Gasteiger partial charge in [-0.15, -0.1) is 0 Å². The summed E-state index contributed by atoms with van der Waals surface area (Å²) in [6.45, 7) is 2.98. The first-order chi connectivity index (χ1) is 9.25. The maximum absolute atomic E-state index is 6.12. The molecule has 102 valence electrons.